The Morgan fingerprint density at radius 2 is 1.88 bits per heavy atom. The van der Waals surface area contributed by atoms with E-state index in [9.17, 15) is 0 Å². The molecule has 0 N–H and O–H groups in total. The number of ether oxygens (including phenoxy) is 1. The van der Waals surface area contributed by atoms with Crippen LogP contribution in [0.5, 0.6) is 5.75 Å². The average Bonchev–Trinajstić information content (AvgIpc) is 3.30. The van der Waals surface area contributed by atoms with Crippen LogP contribution in [-0.2, 0) is 0 Å². The van der Waals surface area contributed by atoms with Crippen LogP contribution in [0.15, 0.2) is 57.3 Å². The van der Waals surface area contributed by atoms with E-state index in [1.54, 1.807) is 29.8 Å². The second-order valence-corrected chi connectivity index (χ2v) is 7.13. The van der Waals surface area contributed by atoms with Crippen molar-refractivity contribution < 1.29 is 4.74 Å². The van der Waals surface area contributed by atoms with E-state index in [0.29, 0.717) is 0 Å². The highest BCUT2D eigenvalue weighted by Gasteiger charge is 2.10. The predicted molar refractivity (Wildman–Crippen MR) is 107 cm³/mol. The molecule has 3 aromatic rings. The van der Waals surface area contributed by atoms with Gasteiger partial charge < -0.3 is 4.74 Å². The molecular formula is C19H21N3OS2. The average molecular weight is 372 g/mol. The number of thiazole rings is 1. The van der Waals surface area contributed by atoms with Crippen LogP contribution < -0.4 is 9.54 Å². The molecule has 6 heteroatoms. The molecule has 0 spiro atoms. The van der Waals surface area contributed by atoms with Crippen molar-refractivity contribution in [2.24, 2.45) is 10.1 Å². The molecule has 4 nitrogen and oxygen atoms in total. The molecule has 130 valence electrons. The van der Waals surface area contributed by atoms with Gasteiger partial charge in [-0.2, -0.15) is 5.10 Å². The summed E-state index contributed by atoms with van der Waals surface area (Å²) in [5.41, 5.74) is 3.04. The molecule has 0 fully saturated rings. The summed E-state index contributed by atoms with van der Waals surface area (Å²) in [4.78, 5) is 6.85. The smallest absolute Gasteiger partial charge is 0.211 e. The Balaban J connectivity index is 2.20. The number of nitrogens with zero attached hydrogens (tertiary/aromatic N) is 3. The molecule has 0 saturated carbocycles. The highest BCUT2D eigenvalue weighted by atomic mass is 32.1. The minimum atomic E-state index is 0.760. The summed E-state index contributed by atoms with van der Waals surface area (Å²) in [5, 5.41) is 9.08. The Labute approximate surface area is 155 Å². The summed E-state index contributed by atoms with van der Waals surface area (Å²) in [6.45, 7) is 4.27. The molecule has 0 aliphatic rings. The van der Waals surface area contributed by atoms with Crippen LogP contribution in [0.25, 0.3) is 10.6 Å². The van der Waals surface area contributed by atoms with Gasteiger partial charge >= 0.3 is 0 Å². The lowest BCUT2D eigenvalue weighted by Gasteiger charge is -2.06. The minimum Gasteiger partial charge on any atom is -0.494 e. The summed E-state index contributed by atoms with van der Waals surface area (Å²) in [6.07, 6.45) is 1.86. The van der Waals surface area contributed by atoms with Gasteiger partial charge in [0, 0.05) is 11.1 Å². The quantitative estimate of drug-likeness (QED) is 0.524. The Morgan fingerprint density at radius 3 is 2.56 bits per heavy atom. The molecule has 0 aliphatic carbocycles. The molecule has 1 aromatic carbocycles. The highest BCUT2D eigenvalue weighted by molar-refractivity contribution is 7.14. The molecule has 3 rings (SSSR count). The van der Waals surface area contributed by atoms with Crippen molar-refractivity contribution in [1.82, 2.24) is 4.68 Å². The van der Waals surface area contributed by atoms with Crippen LogP contribution in [0.3, 0.4) is 0 Å². The highest BCUT2D eigenvalue weighted by Crippen LogP contribution is 2.28. The monoisotopic (exact) mass is 371 g/mol. The number of rotatable bonds is 6. The van der Waals surface area contributed by atoms with Crippen LogP contribution in [0.1, 0.15) is 26.7 Å². The van der Waals surface area contributed by atoms with E-state index >= 15 is 0 Å². The van der Waals surface area contributed by atoms with Crippen molar-refractivity contribution in [3.05, 3.63) is 52.0 Å². The number of hydrogen-bond donors (Lipinski definition) is 0. The van der Waals surface area contributed by atoms with Crippen molar-refractivity contribution in [2.45, 2.75) is 26.7 Å². The Kier molecular flexibility index (Phi) is 5.83. The number of benzene rings is 1. The lowest BCUT2D eigenvalue weighted by molar-refractivity contribution is 0.416. The predicted octanol–water partition coefficient (Wildman–Crippen LogP) is 5.54. The second kappa shape index (κ2) is 8.27. The summed E-state index contributed by atoms with van der Waals surface area (Å²) in [5.74, 6) is 0.760. The van der Waals surface area contributed by atoms with Crippen LogP contribution in [0.2, 0.25) is 0 Å². The van der Waals surface area contributed by atoms with Crippen molar-refractivity contribution in [3.8, 4) is 16.3 Å². The Bertz CT molecular complexity index is 914. The molecular weight excluding hydrogens is 350 g/mol. The van der Waals surface area contributed by atoms with Crippen LogP contribution in [-0.4, -0.2) is 17.5 Å². The van der Waals surface area contributed by atoms with E-state index < -0.39 is 0 Å². The van der Waals surface area contributed by atoms with Gasteiger partial charge in [0.25, 0.3) is 0 Å². The van der Waals surface area contributed by atoms with Gasteiger partial charge in [0.2, 0.25) is 4.80 Å². The molecule has 0 unspecified atom stereocenters. The van der Waals surface area contributed by atoms with E-state index in [2.05, 4.69) is 36.7 Å². The first-order valence-corrected chi connectivity index (χ1v) is 10.0. The fourth-order valence-corrected chi connectivity index (χ4v) is 4.06. The molecule has 0 amide bonds. The molecule has 0 radical (unpaired) electrons. The van der Waals surface area contributed by atoms with Gasteiger partial charge in [-0.15, -0.1) is 22.7 Å². The van der Waals surface area contributed by atoms with E-state index in [1.165, 1.54) is 4.88 Å². The molecule has 0 atom stereocenters. The summed E-state index contributed by atoms with van der Waals surface area (Å²) in [6, 6.07) is 12.0. The van der Waals surface area contributed by atoms with Crippen molar-refractivity contribution in [2.75, 3.05) is 7.11 Å². The van der Waals surface area contributed by atoms with Crippen molar-refractivity contribution in [1.29, 1.82) is 0 Å². The Hall–Kier alpha value is -2.18. The fraction of sp³-hybridized carbons (Fsp3) is 0.263. The van der Waals surface area contributed by atoms with E-state index in [-0.39, 0.29) is 0 Å². The lowest BCUT2D eigenvalue weighted by Crippen LogP contribution is -2.13. The third kappa shape index (κ3) is 3.91. The number of aromatic nitrogens is 1. The molecule has 0 saturated heterocycles. The Morgan fingerprint density at radius 1 is 1.08 bits per heavy atom. The minimum absolute atomic E-state index is 0.760. The van der Waals surface area contributed by atoms with Gasteiger partial charge in [-0.1, -0.05) is 32.0 Å². The van der Waals surface area contributed by atoms with Gasteiger partial charge in [-0.25, -0.2) is 9.67 Å². The SMILES string of the molecule is CCC(CC)=Nn1c(-c2cccs2)csc1=Nc1ccccc1OC. The van der Waals surface area contributed by atoms with Crippen LogP contribution >= 0.6 is 22.7 Å². The number of para-hydroxylation sites is 2. The van der Waals surface area contributed by atoms with E-state index in [1.807, 2.05) is 28.9 Å². The first-order valence-electron chi connectivity index (χ1n) is 8.25. The molecule has 0 aliphatic heterocycles. The molecule has 25 heavy (non-hydrogen) atoms. The zero-order valence-electron chi connectivity index (χ0n) is 14.6. The number of thiophene rings is 1. The molecule has 2 heterocycles. The van der Waals surface area contributed by atoms with Gasteiger partial charge in [0.15, 0.2) is 0 Å². The summed E-state index contributed by atoms with van der Waals surface area (Å²) >= 11 is 3.30. The zero-order chi connectivity index (χ0) is 17.6. The largest absolute Gasteiger partial charge is 0.494 e. The maximum absolute atomic E-state index is 5.43. The topological polar surface area (TPSA) is 38.9 Å². The molecule has 2 aromatic heterocycles. The number of methoxy groups -OCH3 is 1. The normalized spacial score (nSPS) is 11.6. The maximum Gasteiger partial charge on any atom is 0.211 e. The lowest BCUT2D eigenvalue weighted by atomic mass is 10.2. The van der Waals surface area contributed by atoms with Gasteiger partial charge in [-0.05, 0) is 36.4 Å². The second-order valence-electron chi connectivity index (χ2n) is 5.35. The van der Waals surface area contributed by atoms with Crippen LogP contribution in [0.4, 0.5) is 5.69 Å². The zero-order valence-corrected chi connectivity index (χ0v) is 16.2. The molecule has 0 bridgehead atoms. The van der Waals surface area contributed by atoms with Crippen LogP contribution in [0, 0.1) is 0 Å². The van der Waals surface area contributed by atoms with E-state index in [0.717, 1.165) is 40.5 Å². The third-order valence-electron chi connectivity index (χ3n) is 3.82. The van der Waals surface area contributed by atoms with Gasteiger partial charge in [0.1, 0.15) is 11.4 Å². The third-order valence-corrected chi connectivity index (χ3v) is 5.53. The van der Waals surface area contributed by atoms with Crippen molar-refractivity contribution >= 4 is 34.1 Å². The number of hydrogen-bond acceptors (Lipinski definition) is 5. The fourth-order valence-electron chi connectivity index (χ4n) is 2.43. The van der Waals surface area contributed by atoms with Gasteiger partial charge in [-0.3, -0.25) is 0 Å². The first-order chi connectivity index (χ1) is 12.3. The summed E-state index contributed by atoms with van der Waals surface area (Å²) < 4.78 is 7.39. The first kappa shape index (κ1) is 17.6. The standard InChI is InChI=1S/C19H21N3OS2/c1-4-14(5-2)21-22-16(18-11-8-12-24-18)13-25-19(22)20-15-9-6-7-10-17(15)23-3/h6-13H,4-5H2,1-3H3. The van der Waals surface area contributed by atoms with Crippen molar-refractivity contribution in [3.63, 3.8) is 0 Å². The maximum atomic E-state index is 5.43. The van der Waals surface area contributed by atoms with Gasteiger partial charge in [0.05, 0.1) is 17.7 Å². The van der Waals surface area contributed by atoms with E-state index in [4.69, 9.17) is 14.8 Å². The summed E-state index contributed by atoms with van der Waals surface area (Å²) in [7, 11) is 1.67.